The van der Waals surface area contributed by atoms with E-state index in [0.717, 1.165) is 17.9 Å². The van der Waals surface area contributed by atoms with E-state index in [1.165, 1.54) is 0 Å². The van der Waals surface area contributed by atoms with E-state index >= 15 is 0 Å². The van der Waals surface area contributed by atoms with Crippen molar-refractivity contribution in [1.29, 1.82) is 0 Å². The second-order valence-electron chi connectivity index (χ2n) is 4.99. The van der Waals surface area contributed by atoms with Gasteiger partial charge in [0.15, 0.2) is 0 Å². The van der Waals surface area contributed by atoms with Crippen molar-refractivity contribution in [1.82, 2.24) is 15.5 Å². The van der Waals surface area contributed by atoms with Crippen LogP contribution in [0, 0.1) is 0 Å². The zero-order valence-corrected chi connectivity index (χ0v) is 12.2. The number of hydrogen-bond donors (Lipinski definition) is 1. The maximum Gasteiger partial charge on any atom is 0.234 e. The smallest absolute Gasteiger partial charge is 0.234 e. The van der Waals surface area contributed by atoms with Crippen LogP contribution in [0.4, 0.5) is 0 Å². The minimum atomic E-state index is 0.115. The van der Waals surface area contributed by atoms with Crippen molar-refractivity contribution >= 4 is 0 Å². The van der Waals surface area contributed by atoms with Crippen LogP contribution in [-0.4, -0.2) is 43.1 Å². The predicted molar refractivity (Wildman–Crippen MR) is 77.3 cm³/mol. The third-order valence-corrected chi connectivity index (χ3v) is 3.65. The zero-order chi connectivity index (χ0) is 14.7. The van der Waals surface area contributed by atoms with Crippen LogP contribution in [-0.2, 0) is 4.74 Å². The molecule has 1 aromatic heterocycles. The molecule has 0 spiro atoms. The van der Waals surface area contributed by atoms with E-state index < -0.39 is 0 Å². The lowest BCUT2D eigenvalue weighted by Crippen LogP contribution is -2.34. The number of nitrogens with one attached hydrogen (secondary N) is 1. The molecule has 2 unspecified atom stereocenters. The van der Waals surface area contributed by atoms with E-state index in [1.54, 1.807) is 7.11 Å². The second-order valence-corrected chi connectivity index (χ2v) is 4.99. The maximum absolute atomic E-state index is 5.52. The Morgan fingerprint density at radius 2 is 2.10 bits per heavy atom. The number of rotatable bonds is 5. The lowest BCUT2D eigenvalue weighted by atomic mass is 10.0. The maximum atomic E-state index is 5.52. The molecule has 0 amide bonds. The van der Waals surface area contributed by atoms with Crippen LogP contribution in [0.15, 0.2) is 28.8 Å². The fourth-order valence-corrected chi connectivity index (χ4v) is 2.50. The van der Waals surface area contributed by atoms with E-state index in [0.29, 0.717) is 24.9 Å². The second kappa shape index (κ2) is 6.24. The minimum Gasteiger partial charge on any atom is -0.497 e. The van der Waals surface area contributed by atoms with Gasteiger partial charge in [0, 0.05) is 11.6 Å². The first-order chi connectivity index (χ1) is 10.3. The minimum absolute atomic E-state index is 0.115. The molecule has 3 rings (SSSR count). The monoisotopic (exact) mass is 289 g/mol. The molecule has 6 nitrogen and oxygen atoms in total. The van der Waals surface area contributed by atoms with Crippen molar-refractivity contribution in [2.75, 3.05) is 26.9 Å². The number of benzene rings is 1. The summed E-state index contributed by atoms with van der Waals surface area (Å²) in [7, 11) is 1.64. The van der Waals surface area contributed by atoms with Crippen molar-refractivity contribution in [2.45, 2.75) is 18.9 Å². The first-order valence-electron chi connectivity index (χ1n) is 7.11. The topological polar surface area (TPSA) is 69.4 Å². The fourth-order valence-electron chi connectivity index (χ4n) is 2.50. The lowest BCUT2D eigenvalue weighted by Gasteiger charge is -2.13. The molecule has 21 heavy (non-hydrogen) atoms. The summed E-state index contributed by atoms with van der Waals surface area (Å²) in [5.74, 6) is 2.14. The largest absolute Gasteiger partial charge is 0.497 e. The van der Waals surface area contributed by atoms with Gasteiger partial charge in [-0.3, -0.25) is 0 Å². The van der Waals surface area contributed by atoms with Crippen molar-refractivity contribution in [3.05, 3.63) is 30.2 Å². The van der Waals surface area contributed by atoms with Gasteiger partial charge in [0.05, 0.1) is 26.2 Å². The van der Waals surface area contributed by atoms with Gasteiger partial charge in [0.25, 0.3) is 0 Å². The predicted octanol–water partition coefficient (Wildman–Crippen LogP) is 1.84. The lowest BCUT2D eigenvalue weighted by molar-refractivity contribution is 0.185. The summed E-state index contributed by atoms with van der Waals surface area (Å²) in [4.78, 5) is 4.51. The van der Waals surface area contributed by atoms with Crippen molar-refractivity contribution in [3.8, 4) is 17.1 Å². The SMILES string of the molecule is CCNC1COCC1c1nc(-c2ccc(OC)cc2)no1. The summed E-state index contributed by atoms with van der Waals surface area (Å²) in [6.07, 6.45) is 0. The zero-order valence-electron chi connectivity index (χ0n) is 12.2. The Kier molecular flexibility index (Phi) is 4.17. The molecule has 2 atom stereocenters. The third kappa shape index (κ3) is 2.91. The summed E-state index contributed by atoms with van der Waals surface area (Å²) < 4.78 is 16.1. The molecule has 1 saturated heterocycles. The first kappa shape index (κ1) is 14.0. The van der Waals surface area contributed by atoms with Crippen LogP contribution in [0.3, 0.4) is 0 Å². The molecule has 1 aliphatic rings. The van der Waals surface area contributed by atoms with Crippen molar-refractivity contribution in [2.24, 2.45) is 0 Å². The highest BCUT2D eigenvalue weighted by atomic mass is 16.5. The average molecular weight is 289 g/mol. The van der Waals surface area contributed by atoms with Gasteiger partial charge in [-0.1, -0.05) is 12.1 Å². The molecule has 1 aliphatic heterocycles. The van der Waals surface area contributed by atoms with Gasteiger partial charge in [-0.2, -0.15) is 4.98 Å². The molecule has 0 aliphatic carbocycles. The summed E-state index contributed by atoms with van der Waals surface area (Å²) in [6.45, 7) is 4.26. The highest BCUT2D eigenvalue weighted by Crippen LogP contribution is 2.27. The Labute approximate surface area is 123 Å². The molecular formula is C15H19N3O3. The Hall–Kier alpha value is -1.92. The highest BCUT2D eigenvalue weighted by molar-refractivity contribution is 5.55. The van der Waals surface area contributed by atoms with Crippen LogP contribution in [0.25, 0.3) is 11.4 Å². The number of likely N-dealkylation sites (N-methyl/N-ethyl adjacent to an activating group) is 1. The van der Waals surface area contributed by atoms with Gasteiger partial charge in [0.1, 0.15) is 5.75 Å². The van der Waals surface area contributed by atoms with Crippen molar-refractivity contribution in [3.63, 3.8) is 0 Å². The van der Waals surface area contributed by atoms with Gasteiger partial charge < -0.3 is 19.3 Å². The van der Waals surface area contributed by atoms with Crippen LogP contribution in [0.5, 0.6) is 5.75 Å². The molecule has 112 valence electrons. The molecule has 0 bridgehead atoms. The summed E-state index contributed by atoms with van der Waals surface area (Å²) >= 11 is 0. The first-order valence-corrected chi connectivity index (χ1v) is 7.11. The van der Waals surface area contributed by atoms with E-state index in [2.05, 4.69) is 22.4 Å². The van der Waals surface area contributed by atoms with Crippen LogP contribution in [0.2, 0.25) is 0 Å². The number of ether oxygens (including phenoxy) is 2. The standard InChI is InChI=1S/C15H19N3O3/c1-3-16-13-9-20-8-12(13)15-17-14(18-21-15)10-4-6-11(19-2)7-5-10/h4-7,12-13,16H,3,8-9H2,1-2H3. The van der Waals surface area contributed by atoms with Gasteiger partial charge in [-0.15, -0.1) is 0 Å². The van der Waals surface area contributed by atoms with Gasteiger partial charge in [-0.25, -0.2) is 0 Å². The normalized spacial score (nSPS) is 21.6. The Bertz CT molecular complexity index is 582. The van der Waals surface area contributed by atoms with Crippen LogP contribution in [0.1, 0.15) is 18.7 Å². The molecule has 1 aromatic carbocycles. The fraction of sp³-hybridized carbons (Fsp3) is 0.467. The van der Waals surface area contributed by atoms with Crippen LogP contribution < -0.4 is 10.1 Å². The molecule has 0 saturated carbocycles. The summed E-state index contributed by atoms with van der Waals surface area (Å²) in [5, 5.41) is 7.46. The van der Waals surface area contributed by atoms with E-state index in [9.17, 15) is 0 Å². The Balaban J connectivity index is 1.79. The van der Waals surface area contributed by atoms with Crippen LogP contribution >= 0.6 is 0 Å². The molecule has 1 fully saturated rings. The molecule has 0 radical (unpaired) electrons. The quantitative estimate of drug-likeness (QED) is 0.905. The van der Waals surface area contributed by atoms with Gasteiger partial charge in [0.2, 0.25) is 11.7 Å². The number of methoxy groups -OCH3 is 1. The summed E-state index contributed by atoms with van der Waals surface area (Å²) in [5.41, 5.74) is 0.907. The Morgan fingerprint density at radius 3 is 2.81 bits per heavy atom. The summed E-state index contributed by atoms with van der Waals surface area (Å²) in [6, 6.07) is 7.83. The van der Waals surface area contributed by atoms with Gasteiger partial charge in [-0.05, 0) is 30.8 Å². The number of nitrogens with zero attached hydrogens (tertiary/aromatic N) is 2. The number of aromatic nitrogens is 2. The molecule has 2 aromatic rings. The molecular weight excluding hydrogens is 270 g/mol. The van der Waals surface area contributed by atoms with E-state index in [1.807, 2.05) is 24.3 Å². The average Bonchev–Trinajstić information content (AvgIpc) is 3.16. The molecule has 1 N–H and O–H groups in total. The van der Waals surface area contributed by atoms with Gasteiger partial charge >= 0.3 is 0 Å². The highest BCUT2D eigenvalue weighted by Gasteiger charge is 2.33. The third-order valence-electron chi connectivity index (χ3n) is 3.65. The number of hydrogen-bond acceptors (Lipinski definition) is 6. The molecule has 2 heterocycles. The van der Waals surface area contributed by atoms with E-state index in [4.69, 9.17) is 14.0 Å². The van der Waals surface area contributed by atoms with E-state index in [-0.39, 0.29) is 12.0 Å². The Morgan fingerprint density at radius 1 is 1.29 bits per heavy atom. The molecule has 6 heteroatoms. The van der Waals surface area contributed by atoms with Crippen molar-refractivity contribution < 1.29 is 14.0 Å².